The Labute approximate surface area is 98.1 Å². The van der Waals surface area contributed by atoms with E-state index in [2.05, 4.69) is 5.32 Å². The number of nitrogens with two attached hydrogens (primary N) is 1. The van der Waals surface area contributed by atoms with Crippen molar-refractivity contribution >= 4 is 11.6 Å². The molecule has 2 atom stereocenters. The van der Waals surface area contributed by atoms with Crippen LogP contribution in [-0.2, 0) is 4.79 Å². The van der Waals surface area contributed by atoms with Gasteiger partial charge in [0.1, 0.15) is 18.0 Å². The predicted molar refractivity (Wildman–Crippen MR) is 60.5 cm³/mol. The number of nitrogens with one attached hydrogen (secondary N) is 1. The summed E-state index contributed by atoms with van der Waals surface area (Å²) in [6.07, 6.45) is -2.41. The van der Waals surface area contributed by atoms with Gasteiger partial charge < -0.3 is 21.3 Å². The number of benzene rings is 1. The summed E-state index contributed by atoms with van der Waals surface area (Å²) in [6, 6.07) is 3.68. The molecule has 0 saturated carbocycles. The Balaban J connectivity index is 2.70. The molecule has 0 saturated heterocycles. The second-order valence-electron chi connectivity index (χ2n) is 3.73. The number of hydrogen-bond acceptors (Lipinski definition) is 4. The zero-order valence-electron chi connectivity index (χ0n) is 9.35. The molecule has 2 unspecified atom stereocenters. The first-order valence-corrected chi connectivity index (χ1v) is 5.07. The molecule has 0 fully saturated rings. The number of anilines is 1. The maximum absolute atomic E-state index is 12.9. The van der Waals surface area contributed by atoms with Crippen LogP contribution in [0.3, 0.4) is 0 Å². The van der Waals surface area contributed by atoms with Gasteiger partial charge in [-0.1, -0.05) is 6.07 Å². The smallest absolute Gasteiger partial charge is 0.216 e. The van der Waals surface area contributed by atoms with Crippen molar-refractivity contribution in [2.24, 2.45) is 0 Å². The summed E-state index contributed by atoms with van der Waals surface area (Å²) in [4.78, 5) is 10.6. The Hall–Kier alpha value is -1.66. The Kier molecular flexibility index (Phi) is 4.42. The van der Waals surface area contributed by atoms with Crippen LogP contribution in [0.2, 0.25) is 0 Å². The highest BCUT2D eigenvalue weighted by atomic mass is 19.1. The van der Waals surface area contributed by atoms with Crippen LogP contribution in [0.1, 0.15) is 18.6 Å². The van der Waals surface area contributed by atoms with E-state index >= 15 is 0 Å². The van der Waals surface area contributed by atoms with Gasteiger partial charge in [-0.2, -0.15) is 0 Å². The fourth-order valence-electron chi connectivity index (χ4n) is 1.33. The minimum absolute atomic E-state index is 0.0895. The topological polar surface area (TPSA) is 95.6 Å². The molecule has 1 rings (SSSR count). The minimum Gasteiger partial charge on any atom is -0.396 e. The quantitative estimate of drug-likeness (QED) is 0.556. The van der Waals surface area contributed by atoms with Gasteiger partial charge in [-0.15, -0.1) is 0 Å². The molecule has 17 heavy (non-hydrogen) atoms. The molecule has 0 aliphatic heterocycles. The van der Waals surface area contributed by atoms with E-state index in [0.29, 0.717) is 5.56 Å². The maximum atomic E-state index is 12.9. The summed E-state index contributed by atoms with van der Waals surface area (Å²) in [5.74, 6) is -0.896. The normalized spacial score (nSPS) is 14.1. The van der Waals surface area contributed by atoms with Crippen LogP contribution in [0.15, 0.2) is 18.2 Å². The third-order valence-electron chi connectivity index (χ3n) is 2.29. The molecule has 0 aromatic heterocycles. The zero-order valence-corrected chi connectivity index (χ0v) is 9.35. The maximum Gasteiger partial charge on any atom is 0.216 e. The molecule has 94 valence electrons. The first-order chi connectivity index (χ1) is 7.91. The third-order valence-corrected chi connectivity index (χ3v) is 2.29. The zero-order chi connectivity index (χ0) is 13.0. The molecular weight excluding hydrogens is 227 g/mol. The molecule has 5 nitrogen and oxygen atoms in total. The van der Waals surface area contributed by atoms with Crippen LogP contribution >= 0.6 is 0 Å². The van der Waals surface area contributed by atoms with Crippen molar-refractivity contribution in [1.29, 1.82) is 0 Å². The lowest BCUT2D eigenvalue weighted by atomic mass is 10.0. The molecule has 0 aliphatic carbocycles. The van der Waals surface area contributed by atoms with Gasteiger partial charge in [0.05, 0.1) is 5.69 Å². The molecule has 0 radical (unpaired) electrons. The predicted octanol–water partition coefficient (Wildman–Crippen LogP) is -0.0617. The second-order valence-corrected chi connectivity index (χ2v) is 3.73. The monoisotopic (exact) mass is 242 g/mol. The summed E-state index contributed by atoms with van der Waals surface area (Å²) >= 11 is 0. The van der Waals surface area contributed by atoms with Crippen LogP contribution < -0.4 is 11.1 Å². The lowest BCUT2D eigenvalue weighted by Gasteiger charge is -2.18. The molecule has 1 aromatic rings. The standard InChI is InChI=1S/C11H15FN2O3/c1-6(15)14-5-10(16)11(17)7-2-3-8(12)9(13)4-7/h2-4,10-11,16-17H,5,13H2,1H3,(H,14,15). The van der Waals surface area contributed by atoms with Crippen molar-refractivity contribution in [3.63, 3.8) is 0 Å². The highest BCUT2D eigenvalue weighted by Crippen LogP contribution is 2.20. The van der Waals surface area contributed by atoms with Crippen LogP contribution in [0.5, 0.6) is 0 Å². The molecule has 6 heteroatoms. The number of carbonyl (C=O) groups excluding carboxylic acids is 1. The Bertz CT molecular complexity index is 412. The van der Waals surface area contributed by atoms with Gasteiger partial charge in [-0.3, -0.25) is 4.79 Å². The molecule has 0 heterocycles. The van der Waals surface area contributed by atoms with E-state index in [9.17, 15) is 19.4 Å². The van der Waals surface area contributed by atoms with E-state index < -0.39 is 18.0 Å². The van der Waals surface area contributed by atoms with Gasteiger partial charge in [0, 0.05) is 13.5 Å². The first kappa shape index (κ1) is 13.4. The van der Waals surface area contributed by atoms with E-state index in [0.717, 1.165) is 6.07 Å². The van der Waals surface area contributed by atoms with Crippen molar-refractivity contribution in [2.45, 2.75) is 19.1 Å². The number of nitrogen functional groups attached to an aromatic ring is 1. The molecule has 5 N–H and O–H groups in total. The summed E-state index contributed by atoms with van der Waals surface area (Å²) in [6.45, 7) is 1.21. The fourth-order valence-corrected chi connectivity index (χ4v) is 1.33. The SMILES string of the molecule is CC(=O)NCC(O)C(O)c1ccc(F)c(N)c1. The Morgan fingerprint density at radius 2 is 2.18 bits per heavy atom. The van der Waals surface area contributed by atoms with Crippen LogP contribution in [0.25, 0.3) is 0 Å². The Morgan fingerprint density at radius 3 is 2.71 bits per heavy atom. The van der Waals surface area contributed by atoms with Gasteiger partial charge >= 0.3 is 0 Å². The lowest BCUT2D eigenvalue weighted by Crippen LogP contribution is -2.34. The summed E-state index contributed by atoms with van der Waals surface area (Å²) in [7, 11) is 0. The highest BCUT2D eigenvalue weighted by Gasteiger charge is 2.19. The number of hydrogen-bond donors (Lipinski definition) is 4. The number of rotatable bonds is 4. The molecular formula is C11H15FN2O3. The van der Waals surface area contributed by atoms with Gasteiger partial charge in [-0.25, -0.2) is 4.39 Å². The molecule has 1 amide bonds. The molecule has 0 spiro atoms. The van der Waals surface area contributed by atoms with Crippen molar-refractivity contribution < 1.29 is 19.4 Å². The minimum atomic E-state index is -1.23. The van der Waals surface area contributed by atoms with Crippen LogP contribution in [-0.4, -0.2) is 28.8 Å². The van der Waals surface area contributed by atoms with Crippen LogP contribution in [0.4, 0.5) is 10.1 Å². The number of carbonyl (C=O) groups is 1. The van der Waals surface area contributed by atoms with E-state index in [1.165, 1.54) is 19.1 Å². The number of amides is 1. The second kappa shape index (κ2) is 5.60. The van der Waals surface area contributed by atoms with E-state index in [1.807, 2.05) is 0 Å². The van der Waals surface area contributed by atoms with Crippen molar-refractivity contribution in [3.8, 4) is 0 Å². The van der Waals surface area contributed by atoms with Gasteiger partial charge in [-0.05, 0) is 17.7 Å². The Morgan fingerprint density at radius 1 is 1.53 bits per heavy atom. The average Bonchev–Trinajstić information content (AvgIpc) is 2.28. The number of aliphatic hydroxyl groups excluding tert-OH is 2. The number of halogens is 1. The van der Waals surface area contributed by atoms with Crippen molar-refractivity contribution in [1.82, 2.24) is 5.32 Å². The van der Waals surface area contributed by atoms with Gasteiger partial charge in [0.15, 0.2) is 0 Å². The van der Waals surface area contributed by atoms with Gasteiger partial charge in [0.2, 0.25) is 5.91 Å². The third kappa shape index (κ3) is 3.69. The number of aliphatic hydroxyl groups is 2. The van der Waals surface area contributed by atoms with Crippen molar-refractivity contribution in [3.05, 3.63) is 29.6 Å². The summed E-state index contributed by atoms with van der Waals surface area (Å²) in [5.41, 5.74) is 5.53. The summed E-state index contributed by atoms with van der Waals surface area (Å²) < 4.78 is 12.9. The lowest BCUT2D eigenvalue weighted by molar-refractivity contribution is -0.119. The average molecular weight is 242 g/mol. The largest absolute Gasteiger partial charge is 0.396 e. The van der Waals surface area contributed by atoms with Gasteiger partial charge in [0.25, 0.3) is 0 Å². The molecule has 0 bridgehead atoms. The van der Waals surface area contributed by atoms with E-state index in [1.54, 1.807) is 0 Å². The van der Waals surface area contributed by atoms with E-state index in [-0.39, 0.29) is 18.1 Å². The van der Waals surface area contributed by atoms with Crippen LogP contribution in [0, 0.1) is 5.82 Å². The first-order valence-electron chi connectivity index (χ1n) is 5.07. The summed E-state index contributed by atoms with van der Waals surface area (Å²) in [5, 5.41) is 21.7. The van der Waals surface area contributed by atoms with E-state index in [4.69, 9.17) is 5.73 Å². The highest BCUT2D eigenvalue weighted by molar-refractivity contribution is 5.72. The molecule has 0 aliphatic rings. The molecule has 1 aromatic carbocycles. The van der Waals surface area contributed by atoms with Crippen molar-refractivity contribution in [2.75, 3.05) is 12.3 Å². The fraction of sp³-hybridized carbons (Fsp3) is 0.364.